The lowest BCUT2D eigenvalue weighted by Gasteiger charge is -2.25. The maximum atomic E-state index is 12.8. The zero-order valence-corrected chi connectivity index (χ0v) is 16.5. The smallest absolute Gasteiger partial charge is 0.259 e. The third-order valence-electron chi connectivity index (χ3n) is 4.38. The van der Waals surface area contributed by atoms with Gasteiger partial charge >= 0.3 is 0 Å². The van der Waals surface area contributed by atoms with Crippen LogP contribution >= 0.6 is 0 Å². The highest BCUT2D eigenvalue weighted by Gasteiger charge is 2.25. The second-order valence-corrected chi connectivity index (χ2v) is 6.38. The van der Waals surface area contributed by atoms with Gasteiger partial charge in [0.15, 0.2) is 0 Å². The van der Waals surface area contributed by atoms with E-state index in [4.69, 9.17) is 5.73 Å². The first-order valence-corrected chi connectivity index (χ1v) is 9.42. The predicted molar refractivity (Wildman–Crippen MR) is 107 cm³/mol. The fourth-order valence-corrected chi connectivity index (χ4v) is 2.61. The monoisotopic (exact) mass is 354 g/mol. The molecule has 0 bridgehead atoms. The third kappa shape index (κ3) is 4.34. The summed E-state index contributed by atoms with van der Waals surface area (Å²) in [4.78, 5) is 14.5. The van der Waals surface area contributed by atoms with E-state index in [1.54, 1.807) is 18.7 Å². The van der Waals surface area contributed by atoms with Gasteiger partial charge in [-0.15, -0.1) is 0 Å². The van der Waals surface area contributed by atoms with E-state index in [0.29, 0.717) is 17.3 Å². The minimum atomic E-state index is -0.0915. The molecule has 0 saturated heterocycles. The summed E-state index contributed by atoms with van der Waals surface area (Å²) in [6.07, 6.45) is 15.1. The van der Waals surface area contributed by atoms with Crippen molar-refractivity contribution in [3.8, 4) is 0 Å². The Kier molecular flexibility index (Phi) is 6.61. The van der Waals surface area contributed by atoms with Gasteiger partial charge in [-0.1, -0.05) is 32.9 Å². The van der Waals surface area contributed by atoms with Crippen molar-refractivity contribution in [2.45, 2.75) is 59.9 Å². The van der Waals surface area contributed by atoms with Gasteiger partial charge in [-0.2, -0.15) is 5.10 Å². The van der Waals surface area contributed by atoms with E-state index in [2.05, 4.69) is 18.2 Å². The zero-order chi connectivity index (χ0) is 19.3. The number of amides is 1. The largest absolute Gasteiger partial charge is 0.402 e. The molecule has 2 aliphatic rings. The van der Waals surface area contributed by atoms with E-state index >= 15 is 0 Å². The maximum absolute atomic E-state index is 12.8. The van der Waals surface area contributed by atoms with E-state index in [1.165, 1.54) is 12.8 Å². The van der Waals surface area contributed by atoms with Gasteiger partial charge in [0.25, 0.3) is 5.91 Å². The molecule has 1 aliphatic heterocycles. The summed E-state index contributed by atoms with van der Waals surface area (Å²) >= 11 is 0. The van der Waals surface area contributed by atoms with E-state index in [-0.39, 0.29) is 5.91 Å². The van der Waals surface area contributed by atoms with Gasteiger partial charge in [-0.05, 0) is 39.2 Å². The molecule has 2 heterocycles. The summed E-state index contributed by atoms with van der Waals surface area (Å²) in [6.45, 7) is 9.57. The normalized spacial score (nSPS) is 18.9. The Morgan fingerprint density at radius 2 is 2.00 bits per heavy atom. The van der Waals surface area contributed by atoms with E-state index in [9.17, 15) is 4.79 Å². The van der Waals surface area contributed by atoms with Crippen LogP contribution in [0.3, 0.4) is 0 Å². The molecule has 0 radical (unpaired) electrons. The highest BCUT2D eigenvalue weighted by atomic mass is 16.2. The first-order chi connectivity index (χ1) is 12.5. The van der Waals surface area contributed by atoms with Gasteiger partial charge in [0.05, 0.1) is 12.2 Å². The molecule has 140 valence electrons. The standard InChI is InChI=1S/C19H24N4O.C2H6/c1-4-5-17-7-6-15(11-22(17)19(24)13(2)14(3)20)16-10-21-23(12-16)18-8-9-18;1-2/h5-7,10-12,18H,4,8-9,20H2,1-3H3;1-2H3/b14-13+,17-5+;. The van der Waals surface area contributed by atoms with Gasteiger partial charge < -0.3 is 5.73 Å². The van der Waals surface area contributed by atoms with Crippen molar-refractivity contribution in [2.24, 2.45) is 5.73 Å². The molecule has 0 unspecified atom stereocenters. The number of carbonyl (C=O) groups is 1. The molecule has 1 fully saturated rings. The molecule has 26 heavy (non-hydrogen) atoms. The van der Waals surface area contributed by atoms with Gasteiger partial charge in [0.2, 0.25) is 0 Å². The second-order valence-electron chi connectivity index (χ2n) is 6.38. The lowest BCUT2D eigenvalue weighted by atomic mass is 10.1. The molecular weight excluding hydrogens is 324 g/mol. The van der Waals surface area contributed by atoms with Crippen molar-refractivity contribution in [3.63, 3.8) is 0 Å². The molecule has 1 aromatic rings. The van der Waals surface area contributed by atoms with E-state index in [1.807, 2.05) is 49.2 Å². The van der Waals surface area contributed by atoms with Crippen LogP contribution in [0.2, 0.25) is 0 Å². The minimum absolute atomic E-state index is 0.0915. The van der Waals surface area contributed by atoms with Crippen molar-refractivity contribution in [1.82, 2.24) is 14.7 Å². The van der Waals surface area contributed by atoms with Crippen molar-refractivity contribution >= 4 is 11.5 Å². The Hall–Kier alpha value is -2.56. The van der Waals surface area contributed by atoms with Crippen LogP contribution in [-0.4, -0.2) is 20.6 Å². The number of rotatable bonds is 4. The van der Waals surface area contributed by atoms with Crippen molar-refractivity contribution in [2.75, 3.05) is 0 Å². The summed E-state index contributed by atoms with van der Waals surface area (Å²) in [7, 11) is 0. The van der Waals surface area contributed by atoms with Crippen molar-refractivity contribution < 1.29 is 4.79 Å². The van der Waals surface area contributed by atoms with Crippen LogP contribution in [0.5, 0.6) is 0 Å². The lowest BCUT2D eigenvalue weighted by molar-refractivity contribution is -0.123. The van der Waals surface area contributed by atoms with Crippen LogP contribution in [0.1, 0.15) is 65.5 Å². The minimum Gasteiger partial charge on any atom is -0.402 e. The number of nitrogens with zero attached hydrogens (tertiary/aromatic N) is 3. The molecule has 1 aromatic heterocycles. The van der Waals surface area contributed by atoms with Gasteiger partial charge in [0, 0.05) is 40.5 Å². The molecule has 5 heteroatoms. The molecule has 0 spiro atoms. The molecular formula is C21H30N4O. The van der Waals surface area contributed by atoms with Crippen molar-refractivity contribution in [3.05, 3.63) is 59.4 Å². The van der Waals surface area contributed by atoms with Crippen LogP contribution in [0.25, 0.3) is 5.57 Å². The highest BCUT2D eigenvalue weighted by molar-refractivity contribution is 5.97. The SMILES string of the molecule is CC.CC/C=C1\C=CC(c2cnn(C3CC3)c2)=CN1C(=O)/C(C)=C(\C)N. The van der Waals surface area contributed by atoms with Crippen LogP contribution < -0.4 is 5.73 Å². The molecule has 0 aromatic carbocycles. The molecule has 0 atom stereocenters. The highest BCUT2D eigenvalue weighted by Crippen LogP contribution is 2.35. The Morgan fingerprint density at radius 1 is 1.31 bits per heavy atom. The Balaban J connectivity index is 0.00000117. The van der Waals surface area contributed by atoms with Gasteiger partial charge in [0.1, 0.15) is 0 Å². The topological polar surface area (TPSA) is 64.2 Å². The molecule has 2 N–H and O–H groups in total. The fraction of sp³-hybridized carbons (Fsp3) is 0.429. The van der Waals surface area contributed by atoms with Crippen molar-refractivity contribution in [1.29, 1.82) is 0 Å². The number of hydrogen-bond donors (Lipinski definition) is 1. The average molecular weight is 354 g/mol. The van der Waals surface area contributed by atoms with Gasteiger partial charge in [-0.3, -0.25) is 14.4 Å². The zero-order valence-electron chi connectivity index (χ0n) is 16.5. The fourth-order valence-electron chi connectivity index (χ4n) is 2.61. The van der Waals surface area contributed by atoms with Gasteiger partial charge in [-0.25, -0.2) is 0 Å². The summed E-state index contributed by atoms with van der Waals surface area (Å²) < 4.78 is 2.02. The van der Waals surface area contributed by atoms with Crippen LogP contribution in [0, 0.1) is 0 Å². The molecule has 5 nitrogen and oxygen atoms in total. The Labute approximate surface area is 156 Å². The average Bonchev–Trinajstić information content (AvgIpc) is 3.39. The number of allylic oxidation sites excluding steroid dienone is 5. The maximum Gasteiger partial charge on any atom is 0.259 e. The van der Waals surface area contributed by atoms with E-state index < -0.39 is 0 Å². The first-order valence-electron chi connectivity index (χ1n) is 9.42. The summed E-state index contributed by atoms with van der Waals surface area (Å²) in [6, 6.07) is 0.547. The van der Waals surface area contributed by atoms with Crippen LogP contribution in [0.15, 0.2) is 53.8 Å². The second kappa shape index (κ2) is 8.70. The van der Waals surface area contributed by atoms with Crippen LogP contribution in [-0.2, 0) is 4.79 Å². The molecule has 1 aliphatic carbocycles. The number of hydrogen-bond acceptors (Lipinski definition) is 3. The molecule has 1 saturated carbocycles. The Bertz CT molecular complexity index is 772. The summed E-state index contributed by atoms with van der Waals surface area (Å²) in [5.74, 6) is -0.0915. The Morgan fingerprint density at radius 3 is 2.58 bits per heavy atom. The van der Waals surface area contributed by atoms with Crippen LogP contribution in [0.4, 0.5) is 0 Å². The van der Waals surface area contributed by atoms with E-state index in [0.717, 1.165) is 23.3 Å². The lowest BCUT2D eigenvalue weighted by Crippen LogP contribution is -2.28. The third-order valence-corrected chi connectivity index (χ3v) is 4.38. The molecule has 3 rings (SSSR count). The quantitative estimate of drug-likeness (QED) is 0.808. The predicted octanol–water partition coefficient (Wildman–Crippen LogP) is 4.53. The summed E-state index contributed by atoms with van der Waals surface area (Å²) in [5.41, 5.74) is 9.80. The number of carbonyl (C=O) groups excluding carboxylic acids is 1. The number of nitrogens with two attached hydrogens (primary N) is 1. The molecule has 1 amide bonds. The first kappa shape index (κ1) is 19.8. The summed E-state index contributed by atoms with van der Waals surface area (Å²) in [5, 5.41) is 4.44. The number of aromatic nitrogens is 2.